The lowest BCUT2D eigenvalue weighted by molar-refractivity contribution is 0.177. The quantitative estimate of drug-likeness (QED) is 0.365. The van der Waals surface area contributed by atoms with Gasteiger partial charge in [-0.2, -0.15) is 5.10 Å². The van der Waals surface area contributed by atoms with E-state index >= 15 is 0 Å². The summed E-state index contributed by atoms with van der Waals surface area (Å²) < 4.78 is 7.15. The lowest BCUT2D eigenvalue weighted by atomic mass is 9.86. The molecule has 2 aliphatic carbocycles. The predicted octanol–water partition coefficient (Wildman–Crippen LogP) is 2.35. The molecule has 3 aliphatic rings. The highest BCUT2D eigenvalue weighted by atomic mass is 127. The fraction of sp³-hybridized carbons (Fsp3) is 0.842. The third kappa shape index (κ3) is 4.93. The maximum atomic E-state index is 5.14. The number of halogens is 1. The van der Waals surface area contributed by atoms with Crippen LogP contribution in [0.2, 0.25) is 0 Å². The van der Waals surface area contributed by atoms with Crippen LogP contribution >= 0.6 is 24.0 Å². The van der Waals surface area contributed by atoms with Gasteiger partial charge in [-0.05, 0) is 49.9 Å². The highest BCUT2D eigenvalue weighted by molar-refractivity contribution is 14.0. The molecular formula is C19H33IN6O. The van der Waals surface area contributed by atoms with Crippen LogP contribution in [0.3, 0.4) is 0 Å². The van der Waals surface area contributed by atoms with Crippen molar-refractivity contribution in [1.82, 2.24) is 25.4 Å². The van der Waals surface area contributed by atoms with Gasteiger partial charge in [-0.1, -0.05) is 6.42 Å². The third-order valence-corrected chi connectivity index (χ3v) is 6.43. The number of hydrogen-bond acceptors (Lipinski definition) is 4. The van der Waals surface area contributed by atoms with Gasteiger partial charge in [0.05, 0.1) is 6.54 Å². The van der Waals surface area contributed by atoms with E-state index in [-0.39, 0.29) is 24.0 Å². The maximum absolute atomic E-state index is 5.14. The van der Waals surface area contributed by atoms with Crippen molar-refractivity contribution in [2.45, 2.75) is 64.1 Å². The van der Waals surface area contributed by atoms with E-state index in [1.54, 1.807) is 7.11 Å². The molecule has 152 valence electrons. The van der Waals surface area contributed by atoms with Crippen LogP contribution < -0.4 is 10.6 Å². The summed E-state index contributed by atoms with van der Waals surface area (Å²) in [5, 5.41) is 11.6. The van der Waals surface area contributed by atoms with Crippen LogP contribution in [0.1, 0.15) is 50.2 Å². The number of rotatable bonds is 6. The highest BCUT2D eigenvalue weighted by Crippen LogP contribution is 2.49. The molecule has 0 spiro atoms. The molecule has 0 aromatic carbocycles. The first-order valence-electron chi connectivity index (χ1n) is 10.1. The normalized spacial score (nSPS) is 29.3. The van der Waals surface area contributed by atoms with Gasteiger partial charge in [0, 0.05) is 33.2 Å². The molecule has 2 bridgehead atoms. The maximum Gasteiger partial charge on any atom is 0.191 e. The molecule has 2 saturated carbocycles. The lowest BCUT2D eigenvalue weighted by Crippen LogP contribution is -2.47. The highest BCUT2D eigenvalue weighted by Gasteiger charge is 2.38. The number of hydrogen-bond donors (Lipinski definition) is 2. The topological polar surface area (TPSA) is 76.4 Å². The number of fused-ring (bicyclic) bond motifs is 3. The first kappa shape index (κ1) is 20.8. The third-order valence-electron chi connectivity index (χ3n) is 6.43. The number of nitrogens with zero attached hydrogens (tertiary/aromatic N) is 4. The number of nitrogens with one attached hydrogen (secondary N) is 2. The van der Waals surface area contributed by atoms with E-state index in [4.69, 9.17) is 4.74 Å². The molecule has 0 amide bonds. The van der Waals surface area contributed by atoms with Gasteiger partial charge in [0.1, 0.15) is 12.4 Å². The second-order valence-electron chi connectivity index (χ2n) is 8.16. The molecule has 27 heavy (non-hydrogen) atoms. The molecule has 2 N–H and O–H groups in total. The standard InChI is InChI=1S/C19H32N6O.HI/c1-20-19(21-8-7-15-10-13-3-4-14(15)9-13)22-16-5-6-18-23-17(12-26-2)24-25(18)11-16;/h13-16H,3-12H2,1-2H3,(H2,20,21,22);1H. The Morgan fingerprint density at radius 1 is 1.30 bits per heavy atom. The van der Waals surface area contributed by atoms with Crippen molar-refractivity contribution < 1.29 is 4.74 Å². The van der Waals surface area contributed by atoms with Crippen LogP contribution in [0, 0.1) is 17.8 Å². The van der Waals surface area contributed by atoms with Crippen LogP contribution in [0.5, 0.6) is 0 Å². The average molecular weight is 488 g/mol. The summed E-state index contributed by atoms with van der Waals surface area (Å²) >= 11 is 0. The minimum Gasteiger partial charge on any atom is -0.377 e. The minimum absolute atomic E-state index is 0. The molecule has 2 fully saturated rings. The van der Waals surface area contributed by atoms with Crippen LogP contribution in [-0.4, -0.2) is 47.5 Å². The van der Waals surface area contributed by atoms with E-state index in [0.717, 1.165) is 61.3 Å². The summed E-state index contributed by atoms with van der Waals surface area (Å²) in [6.45, 7) is 2.33. The lowest BCUT2D eigenvalue weighted by Gasteiger charge is -2.26. The molecule has 0 radical (unpaired) electrons. The number of aromatic nitrogens is 3. The molecule has 0 saturated heterocycles. The molecule has 4 atom stereocenters. The van der Waals surface area contributed by atoms with Crippen molar-refractivity contribution >= 4 is 29.9 Å². The van der Waals surface area contributed by atoms with Crippen molar-refractivity contribution in [3.63, 3.8) is 0 Å². The molecular weight excluding hydrogens is 455 g/mol. The molecule has 8 heteroatoms. The molecule has 1 aromatic rings. The Morgan fingerprint density at radius 3 is 2.89 bits per heavy atom. The first-order chi connectivity index (χ1) is 12.7. The zero-order valence-corrected chi connectivity index (χ0v) is 18.8. The fourth-order valence-corrected chi connectivity index (χ4v) is 5.16. The fourth-order valence-electron chi connectivity index (χ4n) is 5.16. The van der Waals surface area contributed by atoms with Gasteiger partial charge in [-0.3, -0.25) is 4.99 Å². The number of ether oxygens (including phenoxy) is 1. The van der Waals surface area contributed by atoms with Gasteiger partial charge < -0.3 is 15.4 Å². The Labute approximate surface area is 179 Å². The van der Waals surface area contributed by atoms with Gasteiger partial charge in [-0.15, -0.1) is 24.0 Å². The smallest absolute Gasteiger partial charge is 0.191 e. The zero-order chi connectivity index (χ0) is 17.9. The van der Waals surface area contributed by atoms with Crippen LogP contribution in [0.25, 0.3) is 0 Å². The number of methoxy groups -OCH3 is 1. The summed E-state index contributed by atoms with van der Waals surface area (Å²) in [5.41, 5.74) is 0. The van der Waals surface area contributed by atoms with Crippen LogP contribution in [-0.2, 0) is 24.3 Å². The average Bonchev–Trinajstić information content (AvgIpc) is 3.35. The largest absolute Gasteiger partial charge is 0.377 e. The van der Waals surface area contributed by atoms with E-state index in [9.17, 15) is 0 Å². The monoisotopic (exact) mass is 488 g/mol. The summed E-state index contributed by atoms with van der Waals surface area (Å²) in [6, 6.07) is 0.341. The van der Waals surface area contributed by atoms with Gasteiger partial charge >= 0.3 is 0 Å². The molecule has 4 unspecified atom stereocenters. The predicted molar refractivity (Wildman–Crippen MR) is 116 cm³/mol. The van der Waals surface area contributed by atoms with E-state index < -0.39 is 0 Å². The Kier molecular flexibility index (Phi) is 7.35. The van der Waals surface area contributed by atoms with Crippen molar-refractivity contribution in [3.05, 3.63) is 11.6 Å². The van der Waals surface area contributed by atoms with Crippen LogP contribution in [0.15, 0.2) is 4.99 Å². The van der Waals surface area contributed by atoms with E-state index in [0.29, 0.717) is 12.6 Å². The molecule has 2 heterocycles. The van der Waals surface area contributed by atoms with E-state index in [1.165, 1.54) is 32.1 Å². The van der Waals surface area contributed by atoms with Gasteiger partial charge in [-0.25, -0.2) is 9.67 Å². The molecule has 1 aromatic heterocycles. The Bertz CT molecular complexity index is 648. The Hall–Kier alpha value is -0.900. The summed E-state index contributed by atoms with van der Waals surface area (Å²) in [6.07, 6.45) is 9.17. The molecule has 4 rings (SSSR count). The number of aryl methyl sites for hydroxylation is 1. The number of aliphatic imine (C=N–C) groups is 1. The van der Waals surface area contributed by atoms with Gasteiger partial charge in [0.25, 0.3) is 0 Å². The Balaban J connectivity index is 0.00000210. The van der Waals surface area contributed by atoms with Crippen molar-refractivity contribution in [1.29, 1.82) is 0 Å². The van der Waals surface area contributed by atoms with E-state index in [2.05, 4.69) is 25.7 Å². The van der Waals surface area contributed by atoms with Crippen molar-refractivity contribution in [3.8, 4) is 0 Å². The summed E-state index contributed by atoms with van der Waals surface area (Å²) in [4.78, 5) is 8.95. The van der Waals surface area contributed by atoms with Gasteiger partial charge in [0.2, 0.25) is 0 Å². The zero-order valence-electron chi connectivity index (χ0n) is 16.5. The Morgan fingerprint density at radius 2 is 2.19 bits per heavy atom. The second-order valence-corrected chi connectivity index (χ2v) is 8.16. The molecule has 1 aliphatic heterocycles. The first-order valence-corrected chi connectivity index (χ1v) is 10.1. The number of guanidine groups is 1. The van der Waals surface area contributed by atoms with Gasteiger partial charge in [0.15, 0.2) is 11.8 Å². The second kappa shape index (κ2) is 9.54. The van der Waals surface area contributed by atoms with Crippen molar-refractivity contribution in [2.75, 3.05) is 20.7 Å². The van der Waals surface area contributed by atoms with Crippen LogP contribution in [0.4, 0.5) is 0 Å². The molecule has 7 nitrogen and oxygen atoms in total. The minimum atomic E-state index is 0. The SMILES string of the molecule is CN=C(NCCC1CC2CCC1C2)NC1CCc2nc(COC)nn2C1.I. The summed E-state index contributed by atoms with van der Waals surface area (Å²) in [5.74, 6) is 5.72. The summed E-state index contributed by atoms with van der Waals surface area (Å²) in [7, 11) is 3.53. The van der Waals surface area contributed by atoms with E-state index in [1.807, 2.05) is 11.7 Å². The van der Waals surface area contributed by atoms with Crippen molar-refractivity contribution in [2.24, 2.45) is 22.7 Å².